The van der Waals surface area contributed by atoms with E-state index < -0.39 is 0 Å². The summed E-state index contributed by atoms with van der Waals surface area (Å²) in [5.41, 5.74) is 2.03. The van der Waals surface area contributed by atoms with Crippen molar-refractivity contribution in [1.82, 2.24) is 24.6 Å². The first-order valence-electron chi connectivity index (χ1n) is 10.2. The molecule has 0 saturated carbocycles. The highest BCUT2D eigenvalue weighted by Crippen LogP contribution is 2.23. The Hall–Kier alpha value is -3.26. The van der Waals surface area contributed by atoms with Crippen molar-refractivity contribution in [1.29, 1.82) is 0 Å². The molecule has 1 amide bonds. The highest BCUT2D eigenvalue weighted by Gasteiger charge is 2.22. The fourth-order valence-electron chi connectivity index (χ4n) is 3.63. The summed E-state index contributed by atoms with van der Waals surface area (Å²) in [5, 5.41) is 7.37. The summed E-state index contributed by atoms with van der Waals surface area (Å²) < 4.78 is 1.73. The van der Waals surface area contributed by atoms with E-state index in [0.717, 1.165) is 37.7 Å². The molecule has 0 spiro atoms. The van der Waals surface area contributed by atoms with Crippen molar-refractivity contribution in [3.8, 4) is 5.82 Å². The smallest absolute Gasteiger partial charge is 0.259 e. The second-order valence-corrected chi connectivity index (χ2v) is 7.85. The van der Waals surface area contributed by atoms with Crippen molar-refractivity contribution in [2.75, 3.05) is 43.4 Å². The second-order valence-electron chi connectivity index (χ2n) is 7.85. The van der Waals surface area contributed by atoms with E-state index in [0.29, 0.717) is 17.1 Å². The zero-order chi connectivity index (χ0) is 21.1. The SMILES string of the molecule is CC(C)c1c(C(=O)Nc2ccc(N3CCN(C)CC3)nc2)cnn1-c1ccccn1. The predicted molar refractivity (Wildman–Crippen MR) is 117 cm³/mol. The van der Waals surface area contributed by atoms with Crippen molar-refractivity contribution in [3.63, 3.8) is 0 Å². The summed E-state index contributed by atoms with van der Waals surface area (Å²) in [7, 11) is 2.13. The molecule has 1 saturated heterocycles. The number of carbonyl (C=O) groups excluding carboxylic acids is 1. The van der Waals surface area contributed by atoms with Gasteiger partial charge < -0.3 is 15.1 Å². The van der Waals surface area contributed by atoms with Crippen LogP contribution in [0.15, 0.2) is 48.9 Å². The summed E-state index contributed by atoms with van der Waals surface area (Å²) in [5.74, 6) is 1.54. The van der Waals surface area contributed by atoms with Crippen LogP contribution in [0.1, 0.15) is 35.8 Å². The molecule has 4 heterocycles. The van der Waals surface area contributed by atoms with Gasteiger partial charge in [0.2, 0.25) is 0 Å². The highest BCUT2D eigenvalue weighted by molar-refractivity contribution is 6.05. The maximum absolute atomic E-state index is 13.0. The van der Waals surface area contributed by atoms with E-state index in [9.17, 15) is 4.79 Å². The molecule has 1 N–H and O–H groups in total. The second kappa shape index (κ2) is 8.62. The van der Waals surface area contributed by atoms with Crippen LogP contribution in [-0.2, 0) is 0 Å². The topological polar surface area (TPSA) is 79.2 Å². The fraction of sp³-hybridized carbons (Fsp3) is 0.364. The van der Waals surface area contributed by atoms with Crippen LogP contribution in [0.5, 0.6) is 0 Å². The standard InChI is InChI=1S/C22H27N7O/c1-16(2)21-18(15-25-29(21)20-6-4-5-9-23-20)22(30)26-17-7-8-19(24-14-17)28-12-10-27(3)11-13-28/h4-9,14-16H,10-13H2,1-3H3,(H,26,30). The Morgan fingerprint density at radius 1 is 1.00 bits per heavy atom. The molecule has 30 heavy (non-hydrogen) atoms. The number of hydrogen-bond acceptors (Lipinski definition) is 6. The van der Waals surface area contributed by atoms with Crippen molar-refractivity contribution in [2.24, 2.45) is 0 Å². The van der Waals surface area contributed by atoms with Gasteiger partial charge in [-0.25, -0.2) is 14.6 Å². The molecule has 3 aromatic rings. The van der Waals surface area contributed by atoms with Crippen LogP contribution in [0, 0.1) is 0 Å². The van der Waals surface area contributed by atoms with Crippen molar-refractivity contribution in [3.05, 3.63) is 60.2 Å². The molecule has 8 nitrogen and oxygen atoms in total. The van der Waals surface area contributed by atoms with Crippen LogP contribution in [-0.4, -0.2) is 63.8 Å². The van der Waals surface area contributed by atoms with Gasteiger partial charge in [0.1, 0.15) is 5.82 Å². The molecular weight excluding hydrogens is 378 g/mol. The van der Waals surface area contributed by atoms with E-state index in [1.165, 1.54) is 0 Å². The number of hydrogen-bond donors (Lipinski definition) is 1. The maximum atomic E-state index is 13.0. The summed E-state index contributed by atoms with van der Waals surface area (Å²) in [6.07, 6.45) is 5.03. The third-order valence-electron chi connectivity index (χ3n) is 5.30. The van der Waals surface area contributed by atoms with Crippen LogP contribution in [0.2, 0.25) is 0 Å². The van der Waals surface area contributed by atoms with Gasteiger partial charge in [0.25, 0.3) is 5.91 Å². The highest BCUT2D eigenvalue weighted by atomic mass is 16.1. The lowest BCUT2D eigenvalue weighted by atomic mass is 10.1. The van der Waals surface area contributed by atoms with Crippen molar-refractivity contribution < 1.29 is 4.79 Å². The minimum absolute atomic E-state index is 0.105. The lowest BCUT2D eigenvalue weighted by molar-refractivity contribution is 0.102. The number of aromatic nitrogens is 4. The number of pyridine rings is 2. The van der Waals surface area contributed by atoms with Crippen LogP contribution in [0.3, 0.4) is 0 Å². The number of amides is 1. The van der Waals surface area contributed by atoms with Gasteiger partial charge >= 0.3 is 0 Å². The molecule has 0 aliphatic carbocycles. The molecule has 3 aromatic heterocycles. The summed E-state index contributed by atoms with van der Waals surface area (Å²) in [6, 6.07) is 9.50. The van der Waals surface area contributed by atoms with Gasteiger partial charge in [-0.1, -0.05) is 19.9 Å². The monoisotopic (exact) mass is 405 g/mol. The Bertz CT molecular complexity index is 990. The van der Waals surface area contributed by atoms with Crippen LogP contribution < -0.4 is 10.2 Å². The largest absolute Gasteiger partial charge is 0.354 e. The number of nitrogens with zero attached hydrogens (tertiary/aromatic N) is 6. The molecule has 4 rings (SSSR count). The van der Waals surface area contributed by atoms with Gasteiger partial charge in [-0.3, -0.25) is 4.79 Å². The number of likely N-dealkylation sites (N-methyl/N-ethyl adjacent to an activating group) is 1. The average molecular weight is 406 g/mol. The van der Waals surface area contributed by atoms with Crippen LogP contribution in [0.4, 0.5) is 11.5 Å². The van der Waals surface area contributed by atoms with Gasteiger partial charge in [-0.2, -0.15) is 5.10 Å². The Labute approximate surface area is 176 Å². The van der Waals surface area contributed by atoms with Gasteiger partial charge in [-0.15, -0.1) is 0 Å². The number of rotatable bonds is 5. The summed E-state index contributed by atoms with van der Waals surface area (Å²) in [6.45, 7) is 8.05. The van der Waals surface area contributed by atoms with Gasteiger partial charge in [0.15, 0.2) is 5.82 Å². The first-order chi connectivity index (χ1) is 14.5. The van der Waals surface area contributed by atoms with Crippen LogP contribution in [0.25, 0.3) is 5.82 Å². The average Bonchev–Trinajstić information content (AvgIpc) is 3.21. The van der Waals surface area contributed by atoms with E-state index in [1.54, 1.807) is 23.3 Å². The summed E-state index contributed by atoms with van der Waals surface area (Å²) >= 11 is 0. The van der Waals surface area contributed by atoms with E-state index in [1.807, 2.05) is 44.2 Å². The molecule has 156 valence electrons. The third kappa shape index (κ3) is 4.18. The Morgan fingerprint density at radius 3 is 2.43 bits per heavy atom. The third-order valence-corrected chi connectivity index (χ3v) is 5.30. The van der Waals surface area contributed by atoms with E-state index >= 15 is 0 Å². The van der Waals surface area contributed by atoms with Gasteiger partial charge in [-0.05, 0) is 37.2 Å². The number of nitrogens with one attached hydrogen (secondary N) is 1. The maximum Gasteiger partial charge on any atom is 0.259 e. The Morgan fingerprint density at radius 2 is 1.80 bits per heavy atom. The molecule has 1 fully saturated rings. The van der Waals surface area contributed by atoms with Gasteiger partial charge in [0.05, 0.1) is 29.3 Å². The van der Waals surface area contributed by atoms with E-state index in [4.69, 9.17) is 0 Å². The molecule has 1 aliphatic rings. The molecule has 1 aliphatic heterocycles. The lowest BCUT2D eigenvalue weighted by Crippen LogP contribution is -2.44. The van der Waals surface area contributed by atoms with Gasteiger partial charge in [0, 0.05) is 32.4 Å². The minimum atomic E-state index is -0.199. The minimum Gasteiger partial charge on any atom is -0.354 e. The number of anilines is 2. The Kier molecular flexibility index (Phi) is 5.76. The fourth-order valence-corrected chi connectivity index (χ4v) is 3.63. The van der Waals surface area contributed by atoms with Crippen molar-refractivity contribution >= 4 is 17.4 Å². The summed E-state index contributed by atoms with van der Waals surface area (Å²) in [4.78, 5) is 26.5. The molecular formula is C22H27N7O. The molecule has 0 atom stereocenters. The number of carbonyl (C=O) groups is 1. The molecule has 0 aromatic carbocycles. The zero-order valence-electron chi connectivity index (χ0n) is 17.6. The first-order valence-corrected chi connectivity index (χ1v) is 10.2. The molecule has 0 bridgehead atoms. The molecule has 0 radical (unpaired) electrons. The molecule has 8 heteroatoms. The first kappa shape index (κ1) is 20.0. The Balaban J connectivity index is 1.51. The lowest BCUT2D eigenvalue weighted by Gasteiger charge is -2.33. The quantitative estimate of drug-likeness (QED) is 0.703. The zero-order valence-corrected chi connectivity index (χ0v) is 17.6. The predicted octanol–water partition coefficient (Wildman–Crippen LogP) is 2.79. The normalized spacial score (nSPS) is 14.9. The van der Waals surface area contributed by atoms with Crippen LogP contribution >= 0.6 is 0 Å². The van der Waals surface area contributed by atoms with E-state index in [2.05, 4.69) is 37.2 Å². The molecule has 0 unspecified atom stereocenters. The number of piperazine rings is 1. The van der Waals surface area contributed by atoms with Crippen molar-refractivity contribution in [2.45, 2.75) is 19.8 Å². The van der Waals surface area contributed by atoms with E-state index in [-0.39, 0.29) is 11.8 Å².